The van der Waals surface area contributed by atoms with Crippen LogP contribution in [0, 0.1) is 0 Å². The molecule has 1 saturated heterocycles. The summed E-state index contributed by atoms with van der Waals surface area (Å²) in [5.74, 6) is -0.0418. The maximum Gasteiger partial charge on any atom is 0.435 e. The van der Waals surface area contributed by atoms with E-state index in [9.17, 15) is 18.0 Å². The summed E-state index contributed by atoms with van der Waals surface area (Å²) in [6.07, 6.45) is -0.577. The van der Waals surface area contributed by atoms with E-state index in [1.807, 2.05) is 0 Å². The van der Waals surface area contributed by atoms with Crippen LogP contribution in [0.15, 0.2) is 6.07 Å². The van der Waals surface area contributed by atoms with E-state index in [4.69, 9.17) is 4.74 Å². The summed E-state index contributed by atoms with van der Waals surface area (Å²) in [7, 11) is 0. The normalized spacial score (nSPS) is 21.6. The Morgan fingerprint density at radius 1 is 1.39 bits per heavy atom. The third kappa shape index (κ3) is 4.25. The molecule has 128 valence electrons. The number of carbonyl (C=O) groups excluding carboxylic acids is 1. The van der Waals surface area contributed by atoms with E-state index in [0.717, 1.165) is 38.4 Å². The van der Waals surface area contributed by atoms with Crippen LogP contribution in [-0.2, 0) is 22.3 Å². The van der Waals surface area contributed by atoms with Gasteiger partial charge < -0.3 is 10.1 Å². The van der Waals surface area contributed by atoms with Gasteiger partial charge in [0, 0.05) is 37.7 Å². The summed E-state index contributed by atoms with van der Waals surface area (Å²) in [6.45, 7) is 1.35. The number of amides is 1. The van der Waals surface area contributed by atoms with Crippen LogP contribution < -0.4 is 5.32 Å². The smallest absolute Gasteiger partial charge is 0.376 e. The van der Waals surface area contributed by atoms with Gasteiger partial charge in [0.25, 0.3) is 0 Å². The minimum atomic E-state index is -4.45. The summed E-state index contributed by atoms with van der Waals surface area (Å²) in [6, 6.07) is 1.11. The molecule has 1 saturated carbocycles. The summed E-state index contributed by atoms with van der Waals surface area (Å²) in [5, 5.41) is 6.41. The number of carbonyl (C=O) groups is 1. The van der Waals surface area contributed by atoms with Gasteiger partial charge in [0.2, 0.25) is 5.91 Å². The zero-order valence-electron chi connectivity index (χ0n) is 12.7. The molecule has 1 amide bonds. The molecule has 0 bridgehead atoms. The maximum atomic E-state index is 12.8. The Kier molecular flexibility index (Phi) is 4.61. The fourth-order valence-electron chi connectivity index (χ4n) is 2.79. The quantitative estimate of drug-likeness (QED) is 0.871. The zero-order chi connectivity index (χ0) is 16.4. The standard InChI is InChI=1S/C15H20F3N3O2/c16-15(17,18)13-8-12(10-3-4-10)21(20-13)6-5-14(22)19-9-11-2-1-7-23-11/h8,10-11H,1-7,9H2,(H,19,22). The van der Waals surface area contributed by atoms with E-state index < -0.39 is 11.9 Å². The van der Waals surface area contributed by atoms with Crippen LogP contribution >= 0.6 is 0 Å². The number of aryl methyl sites for hydroxylation is 1. The molecule has 3 rings (SSSR count). The second kappa shape index (κ2) is 6.51. The predicted octanol–water partition coefficient (Wildman–Crippen LogP) is 2.46. The molecule has 2 aliphatic rings. The van der Waals surface area contributed by atoms with E-state index in [-0.39, 0.29) is 30.9 Å². The molecule has 1 N–H and O–H groups in total. The zero-order valence-corrected chi connectivity index (χ0v) is 12.7. The molecule has 1 aliphatic heterocycles. The van der Waals surface area contributed by atoms with Gasteiger partial charge in [0.1, 0.15) is 0 Å². The Hall–Kier alpha value is -1.57. The minimum Gasteiger partial charge on any atom is -0.376 e. The number of nitrogens with one attached hydrogen (secondary N) is 1. The average molecular weight is 331 g/mol. The summed E-state index contributed by atoms with van der Waals surface area (Å²) in [4.78, 5) is 11.8. The van der Waals surface area contributed by atoms with Gasteiger partial charge in [-0.15, -0.1) is 0 Å². The average Bonchev–Trinajstić information content (AvgIpc) is 3.02. The molecule has 5 nitrogen and oxygen atoms in total. The monoisotopic (exact) mass is 331 g/mol. The van der Waals surface area contributed by atoms with E-state index >= 15 is 0 Å². The minimum absolute atomic E-state index is 0.0579. The number of nitrogens with zero attached hydrogens (tertiary/aromatic N) is 2. The van der Waals surface area contributed by atoms with Crippen molar-refractivity contribution < 1.29 is 22.7 Å². The molecular weight excluding hydrogens is 311 g/mol. The van der Waals surface area contributed by atoms with Crippen molar-refractivity contribution >= 4 is 5.91 Å². The predicted molar refractivity (Wildman–Crippen MR) is 75.8 cm³/mol. The Labute approximate surface area is 132 Å². The molecule has 1 aromatic rings. The number of ether oxygens (including phenoxy) is 1. The highest BCUT2D eigenvalue weighted by molar-refractivity contribution is 5.75. The largest absolute Gasteiger partial charge is 0.435 e. The van der Waals surface area contributed by atoms with E-state index in [2.05, 4.69) is 10.4 Å². The second-order valence-electron chi connectivity index (χ2n) is 6.14. The molecule has 0 aromatic carbocycles. The molecule has 2 fully saturated rings. The second-order valence-corrected chi connectivity index (χ2v) is 6.14. The Bertz CT molecular complexity index is 561. The van der Waals surface area contributed by atoms with Crippen LogP contribution in [-0.4, -0.2) is 34.9 Å². The van der Waals surface area contributed by atoms with Gasteiger partial charge in [0.05, 0.1) is 6.10 Å². The molecule has 8 heteroatoms. The van der Waals surface area contributed by atoms with E-state index in [1.165, 1.54) is 4.68 Å². The number of aromatic nitrogens is 2. The highest BCUT2D eigenvalue weighted by Crippen LogP contribution is 2.42. The van der Waals surface area contributed by atoms with Crippen LogP contribution in [0.2, 0.25) is 0 Å². The topological polar surface area (TPSA) is 56.2 Å². The van der Waals surface area contributed by atoms with Gasteiger partial charge >= 0.3 is 6.18 Å². The highest BCUT2D eigenvalue weighted by atomic mass is 19.4. The third-order valence-corrected chi connectivity index (χ3v) is 4.20. The van der Waals surface area contributed by atoms with Crippen molar-refractivity contribution in [3.8, 4) is 0 Å². The SMILES string of the molecule is O=C(CCn1nc(C(F)(F)F)cc1C1CC1)NCC1CCCO1. The van der Waals surface area contributed by atoms with Gasteiger partial charge in [-0.2, -0.15) is 18.3 Å². The van der Waals surface area contributed by atoms with Crippen LogP contribution in [0.3, 0.4) is 0 Å². The number of hydrogen-bond donors (Lipinski definition) is 1. The third-order valence-electron chi connectivity index (χ3n) is 4.20. The van der Waals surface area contributed by atoms with Crippen molar-refractivity contribution in [3.05, 3.63) is 17.5 Å². The van der Waals surface area contributed by atoms with Crippen molar-refractivity contribution in [2.24, 2.45) is 0 Å². The lowest BCUT2D eigenvalue weighted by Crippen LogP contribution is -2.32. The maximum absolute atomic E-state index is 12.8. The first kappa shape index (κ1) is 16.3. The first-order chi connectivity index (χ1) is 10.9. The molecule has 0 spiro atoms. The van der Waals surface area contributed by atoms with E-state index in [0.29, 0.717) is 12.2 Å². The lowest BCUT2D eigenvalue weighted by Gasteiger charge is -2.11. The number of rotatable bonds is 6. The first-order valence-electron chi connectivity index (χ1n) is 7.97. The fourth-order valence-corrected chi connectivity index (χ4v) is 2.79. The van der Waals surface area contributed by atoms with Crippen molar-refractivity contribution in [1.82, 2.24) is 15.1 Å². The summed E-state index contributed by atoms with van der Waals surface area (Å²) >= 11 is 0. The molecule has 2 heterocycles. The molecule has 1 unspecified atom stereocenters. The molecule has 0 radical (unpaired) electrons. The summed E-state index contributed by atoms with van der Waals surface area (Å²) < 4.78 is 45.1. The van der Waals surface area contributed by atoms with Gasteiger partial charge in [-0.25, -0.2) is 0 Å². The Morgan fingerprint density at radius 2 is 2.17 bits per heavy atom. The molecule has 23 heavy (non-hydrogen) atoms. The van der Waals surface area contributed by atoms with Crippen LogP contribution in [0.5, 0.6) is 0 Å². The van der Waals surface area contributed by atoms with Gasteiger partial charge in [-0.05, 0) is 31.7 Å². The van der Waals surface area contributed by atoms with Gasteiger partial charge in [-0.1, -0.05) is 0 Å². The highest BCUT2D eigenvalue weighted by Gasteiger charge is 2.37. The van der Waals surface area contributed by atoms with Crippen molar-refractivity contribution in [3.63, 3.8) is 0 Å². The molecule has 1 aliphatic carbocycles. The molecule has 1 aromatic heterocycles. The van der Waals surface area contributed by atoms with E-state index in [1.54, 1.807) is 0 Å². The van der Waals surface area contributed by atoms with Crippen LogP contribution in [0.4, 0.5) is 13.2 Å². The van der Waals surface area contributed by atoms with Crippen molar-refractivity contribution in [1.29, 1.82) is 0 Å². The number of alkyl halides is 3. The van der Waals surface area contributed by atoms with Crippen molar-refractivity contribution in [2.45, 2.75) is 56.8 Å². The lowest BCUT2D eigenvalue weighted by molar-refractivity contribution is -0.141. The Morgan fingerprint density at radius 3 is 2.78 bits per heavy atom. The van der Waals surface area contributed by atoms with Crippen LogP contribution in [0.1, 0.15) is 49.4 Å². The van der Waals surface area contributed by atoms with Gasteiger partial charge in [-0.3, -0.25) is 9.48 Å². The Balaban J connectivity index is 1.54. The van der Waals surface area contributed by atoms with Crippen LogP contribution in [0.25, 0.3) is 0 Å². The van der Waals surface area contributed by atoms with Crippen molar-refractivity contribution in [2.75, 3.05) is 13.2 Å². The fraction of sp³-hybridized carbons (Fsp3) is 0.733. The number of halogens is 3. The lowest BCUT2D eigenvalue weighted by atomic mass is 10.2. The first-order valence-corrected chi connectivity index (χ1v) is 7.97. The molecular formula is C15H20F3N3O2. The van der Waals surface area contributed by atoms with Gasteiger partial charge in [0.15, 0.2) is 5.69 Å². The number of hydrogen-bond acceptors (Lipinski definition) is 3. The summed E-state index contributed by atoms with van der Waals surface area (Å²) in [5.41, 5.74) is -0.289. The molecule has 1 atom stereocenters.